The van der Waals surface area contributed by atoms with Crippen LogP contribution >= 0.6 is 0 Å². The van der Waals surface area contributed by atoms with Gasteiger partial charge in [-0.05, 0) is 41.8 Å². The second-order valence-corrected chi connectivity index (χ2v) is 7.50. The van der Waals surface area contributed by atoms with Crippen molar-refractivity contribution >= 4 is 11.7 Å². The van der Waals surface area contributed by atoms with Crippen LogP contribution in [0.5, 0.6) is 5.75 Å². The lowest BCUT2D eigenvalue weighted by atomic mass is 10.1. The summed E-state index contributed by atoms with van der Waals surface area (Å²) in [4.78, 5) is 17.4. The van der Waals surface area contributed by atoms with E-state index in [1.54, 1.807) is 30.5 Å². The Bertz CT molecular complexity index is 1060. The van der Waals surface area contributed by atoms with Crippen molar-refractivity contribution in [2.24, 2.45) is 0 Å². The highest BCUT2D eigenvalue weighted by atomic mass is 16.6. The molecule has 2 heterocycles. The molecule has 1 aromatic heterocycles. The van der Waals surface area contributed by atoms with Crippen molar-refractivity contribution in [2.75, 3.05) is 25.1 Å². The largest absolute Gasteiger partial charge is 0.484 e. The molecule has 0 saturated carbocycles. The number of nitrogens with zero attached hydrogens (tertiary/aromatic N) is 2. The van der Waals surface area contributed by atoms with Gasteiger partial charge in [0.25, 0.3) is 0 Å². The van der Waals surface area contributed by atoms with Gasteiger partial charge in [0.15, 0.2) is 0 Å². The van der Waals surface area contributed by atoms with Gasteiger partial charge in [0.1, 0.15) is 23.7 Å². The SMILES string of the molecule is N#Cc1ccc(CCN[C@@H](C(=O)Nc2ccc(OC3COC3)cn2)c2ccccc2)cc1. The zero-order chi connectivity index (χ0) is 22.2. The second kappa shape index (κ2) is 10.5. The molecule has 0 radical (unpaired) electrons. The van der Waals surface area contributed by atoms with E-state index < -0.39 is 6.04 Å². The Morgan fingerprint density at radius 1 is 1.12 bits per heavy atom. The third-order valence-electron chi connectivity index (χ3n) is 5.14. The number of hydrogen-bond acceptors (Lipinski definition) is 6. The number of pyridine rings is 1. The number of aromatic nitrogens is 1. The van der Waals surface area contributed by atoms with Crippen LogP contribution in [0.15, 0.2) is 72.9 Å². The van der Waals surface area contributed by atoms with Gasteiger partial charge in [0.05, 0.1) is 31.0 Å². The number of nitrogens with one attached hydrogen (secondary N) is 2. The number of amides is 1. The molecule has 1 aliphatic rings. The number of ether oxygens (including phenoxy) is 2. The minimum atomic E-state index is -0.528. The zero-order valence-electron chi connectivity index (χ0n) is 17.5. The predicted molar refractivity (Wildman–Crippen MR) is 120 cm³/mol. The lowest BCUT2D eigenvalue weighted by Crippen LogP contribution is -2.38. The van der Waals surface area contributed by atoms with Crippen LogP contribution in [0.1, 0.15) is 22.7 Å². The molecule has 162 valence electrons. The van der Waals surface area contributed by atoms with E-state index in [9.17, 15) is 4.79 Å². The quantitative estimate of drug-likeness (QED) is 0.543. The normalized spacial score (nSPS) is 14.1. The molecule has 3 aromatic rings. The van der Waals surface area contributed by atoms with Gasteiger partial charge in [0.2, 0.25) is 5.91 Å². The predicted octanol–water partition coefficient (Wildman–Crippen LogP) is 3.24. The van der Waals surface area contributed by atoms with E-state index in [-0.39, 0.29) is 12.0 Å². The van der Waals surface area contributed by atoms with Crippen LogP contribution in [-0.2, 0) is 16.0 Å². The third kappa shape index (κ3) is 5.70. The van der Waals surface area contributed by atoms with E-state index in [1.165, 1.54) is 0 Å². The van der Waals surface area contributed by atoms with Gasteiger partial charge in [-0.3, -0.25) is 4.79 Å². The van der Waals surface area contributed by atoms with E-state index >= 15 is 0 Å². The topological polar surface area (TPSA) is 96.3 Å². The maximum absolute atomic E-state index is 13.1. The first-order valence-electron chi connectivity index (χ1n) is 10.5. The molecule has 0 unspecified atom stereocenters. The summed E-state index contributed by atoms with van der Waals surface area (Å²) in [6, 6.07) is 22.1. The number of carbonyl (C=O) groups is 1. The fourth-order valence-corrected chi connectivity index (χ4v) is 3.31. The molecule has 32 heavy (non-hydrogen) atoms. The molecular weight excluding hydrogens is 404 g/mol. The van der Waals surface area contributed by atoms with Crippen LogP contribution in [0.25, 0.3) is 0 Å². The summed E-state index contributed by atoms with van der Waals surface area (Å²) in [5.74, 6) is 0.920. The number of rotatable bonds is 9. The average molecular weight is 428 g/mol. The van der Waals surface area contributed by atoms with E-state index in [1.807, 2.05) is 42.5 Å². The smallest absolute Gasteiger partial charge is 0.247 e. The lowest BCUT2D eigenvalue weighted by molar-refractivity contribution is -0.118. The van der Waals surface area contributed by atoms with E-state index in [0.29, 0.717) is 36.9 Å². The van der Waals surface area contributed by atoms with Crippen molar-refractivity contribution in [3.63, 3.8) is 0 Å². The van der Waals surface area contributed by atoms with Crippen LogP contribution < -0.4 is 15.4 Å². The lowest BCUT2D eigenvalue weighted by Gasteiger charge is -2.26. The summed E-state index contributed by atoms with van der Waals surface area (Å²) in [7, 11) is 0. The Morgan fingerprint density at radius 3 is 2.53 bits per heavy atom. The van der Waals surface area contributed by atoms with Gasteiger partial charge in [-0.15, -0.1) is 0 Å². The zero-order valence-corrected chi connectivity index (χ0v) is 17.5. The van der Waals surface area contributed by atoms with Crippen molar-refractivity contribution in [1.29, 1.82) is 5.26 Å². The molecule has 1 aliphatic heterocycles. The minimum Gasteiger partial charge on any atom is -0.484 e. The van der Waals surface area contributed by atoms with Crippen LogP contribution in [0.2, 0.25) is 0 Å². The van der Waals surface area contributed by atoms with E-state index in [4.69, 9.17) is 14.7 Å². The molecule has 1 saturated heterocycles. The number of anilines is 1. The number of carbonyl (C=O) groups excluding carboxylic acids is 1. The van der Waals surface area contributed by atoms with Crippen LogP contribution in [0.3, 0.4) is 0 Å². The fraction of sp³-hybridized carbons (Fsp3) is 0.240. The molecule has 2 N–H and O–H groups in total. The van der Waals surface area contributed by atoms with Gasteiger partial charge in [0, 0.05) is 6.54 Å². The van der Waals surface area contributed by atoms with Crippen LogP contribution in [0.4, 0.5) is 5.82 Å². The van der Waals surface area contributed by atoms with E-state index in [2.05, 4.69) is 21.7 Å². The molecule has 2 aromatic carbocycles. The number of hydrogen-bond donors (Lipinski definition) is 2. The first kappa shape index (κ1) is 21.5. The summed E-state index contributed by atoms with van der Waals surface area (Å²) < 4.78 is 10.8. The monoisotopic (exact) mass is 428 g/mol. The summed E-state index contributed by atoms with van der Waals surface area (Å²) in [5.41, 5.74) is 2.60. The summed E-state index contributed by atoms with van der Waals surface area (Å²) in [6.45, 7) is 1.78. The number of nitriles is 1. The first-order chi connectivity index (χ1) is 15.7. The molecule has 1 atom stereocenters. The molecule has 7 heteroatoms. The summed E-state index contributed by atoms with van der Waals surface area (Å²) >= 11 is 0. The number of benzene rings is 2. The van der Waals surface area contributed by atoms with Gasteiger partial charge >= 0.3 is 0 Å². The molecule has 1 fully saturated rings. The molecule has 1 amide bonds. The maximum Gasteiger partial charge on any atom is 0.247 e. The summed E-state index contributed by atoms with van der Waals surface area (Å²) in [6.07, 6.45) is 2.40. The van der Waals surface area contributed by atoms with Crippen molar-refractivity contribution in [2.45, 2.75) is 18.6 Å². The van der Waals surface area contributed by atoms with Crippen molar-refractivity contribution in [3.8, 4) is 11.8 Å². The average Bonchev–Trinajstić information content (AvgIpc) is 2.81. The summed E-state index contributed by atoms with van der Waals surface area (Å²) in [5, 5.41) is 15.2. The molecule has 4 rings (SSSR count). The maximum atomic E-state index is 13.1. The highest BCUT2D eigenvalue weighted by Crippen LogP contribution is 2.19. The van der Waals surface area contributed by atoms with Gasteiger partial charge in [-0.2, -0.15) is 5.26 Å². The van der Waals surface area contributed by atoms with Crippen LogP contribution in [-0.4, -0.2) is 36.8 Å². The van der Waals surface area contributed by atoms with Crippen molar-refractivity contribution < 1.29 is 14.3 Å². The fourth-order valence-electron chi connectivity index (χ4n) is 3.31. The van der Waals surface area contributed by atoms with Gasteiger partial charge in [-0.1, -0.05) is 42.5 Å². The van der Waals surface area contributed by atoms with E-state index in [0.717, 1.165) is 17.5 Å². The van der Waals surface area contributed by atoms with Gasteiger partial charge in [-0.25, -0.2) is 4.98 Å². The van der Waals surface area contributed by atoms with Crippen molar-refractivity contribution in [3.05, 3.63) is 89.6 Å². The Morgan fingerprint density at radius 2 is 1.91 bits per heavy atom. The Labute approximate surface area is 187 Å². The van der Waals surface area contributed by atoms with Gasteiger partial charge < -0.3 is 20.1 Å². The second-order valence-electron chi connectivity index (χ2n) is 7.50. The van der Waals surface area contributed by atoms with Crippen molar-refractivity contribution in [1.82, 2.24) is 10.3 Å². The first-order valence-corrected chi connectivity index (χ1v) is 10.5. The molecule has 0 bridgehead atoms. The Kier molecular flexibility index (Phi) is 7.08. The van der Waals surface area contributed by atoms with Crippen LogP contribution in [0, 0.1) is 11.3 Å². The Balaban J connectivity index is 1.38. The molecule has 0 aliphatic carbocycles. The third-order valence-corrected chi connectivity index (χ3v) is 5.14. The standard InChI is InChI=1S/C25H24N4O3/c26-14-19-8-6-18(7-9-19)12-13-27-24(20-4-2-1-3-5-20)25(30)29-23-11-10-21(15-28-23)32-22-16-31-17-22/h1-11,15,22,24,27H,12-13,16-17H2,(H,28,29,30)/t24-/m1/s1. The minimum absolute atomic E-state index is 0.0695. The highest BCUT2D eigenvalue weighted by Gasteiger charge is 2.22. The highest BCUT2D eigenvalue weighted by molar-refractivity contribution is 5.94. The molecule has 0 spiro atoms. The molecular formula is C25H24N4O3. The Hall–Kier alpha value is -3.73. The molecule has 7 nitrogen and oxygen atoms in total.